The molecular weight excluding hydrogens is 296 g/mol. The number of carboxylic acid groups (broad SMARTS) is 1. The van der Waals surface area contributed by atoms with E-state index in [2.05, 4.69) is 4.98 Å². The Labute approximate surface area is 125 Å². The summed E-state index contributed by atoms with van der Waals surface area (Å²) in [6, 6.07) is 7.12. The molecule has 1 aliphatic heterocycles. The van der Waals surface area contributed by atoms with E-state index in [0.717, 1.165) is 28.5 Å². The maximum Gasteiger partial charge on any atom is 0.326 e. The number of halogens is 1. The molecule has 0 saturated carbocycles. The first-order valence-electron chi connectivity index (χ1n) is 6.36. The van der Waals surface area contributed by atoms with Gasteiger partial charge in [0.05, 0.1) is 4.88 Å². The van der Waals surface area contributed by atoms with E-state index in [1.54, 1.807) is 6.20 Å². The normalized spacial score (nSPS) is 18.4. The topological polar surface area (TPSA) is 53.4 Å². The van der Waals surface area contributed by atoms with Crippen LogP contribution in [0, 0.1) is 0 Å². The molecule has 0 amide bonds. The van der Waals surface area contributed by atoms with Gasteiger partial charge in [-0.15, -0.1) is 0 Å². The third-order valence-electron chi connectivity index (χ3n) is 3.41. The number of thiazole rings is 1. The molecule has 1 aliphatic rings. The number of aliphatic carboxylic acids is 1. The van der Waals surface area contributed by atoms with Crippen molar-refractivity contribution in [3.63, 3.8) is 0 Å². The van der Waals surface area contributed by atoms with E-state index < -0.39 is 12.0 Å². The standard InChI is InChI=1S/C14H13ClN2O2S/c15-10-5-3-9(4-6-10)12-8-16-14(20-12)17-7-1-2-11(17)13(18)19/h3-6,8,11H,1-2,7H2,(H,18,19)/t11-/m1/s1. The number of hydrogen-bond acceptors (Lipinski definition) is 4. The fourth-order valence-corrected chi connectivity index (χ4v) is 3.52. The lowest BCUT2D eigenvalue weighted by molar-refractivity contribution is -0.138. The molecule has 104 valence electrons. The highest BCUT2D eigenvalue weighted by atomic mass is 35.5. The molecule has 0 unspecified atom stereocenters. The van der Waals surface area contributed by atoms with E-state index in [-0.39, 0.29) is 0 Å². The van der Waals surface area contributed by atoms with Crippen molar-refractivity contribution in [2.45, 2.75) is 18.9 Å². The average molecular weight is 309 g/mol. The van der Waals surface area contributed by atoms with Crippen LogP contribution < -0.4 is 4.90 Å². The van der Waals surface area contributed by atoms with E-state index >= 15 is 0 Å². The van der Waals surface area contributed by atoms with Gasteiger partial charge >= 0.3 is 5.97 Å². The molecule has 6 heteroatoms. The van der Waals surface area contributed by atoms with Crippen LogP contribution in [0.25, 0.3) is 10.4 Å². The maximum atomic E-state index is 11.2. The monoisotopic (exact) mass is 308 g/mol. The molecule has 4 nitrogen and oxygen atoms in total. The van der Waals surface area contributed by atoms with Crippen molar-refractivity contribution < 1.29 is 9.90 Å². The highest BCUT2D eigenvalue weighted by Gasteiger charge is 2.32. The fraction of sp³-hybridized carbons (Fsp3) is 0.286. The van der Waals surface area contributed by atoms with Crippen LogP contribution >= 0.6 is 22.9 Å². The Hall–Kier alpha value is -1.59. The molecule has 0 radical (unpaired) electrons. The van der Waals surface area contributed by atoms with E-state index in [4.69, 9.17) is 11.6 Å². The first-order valence-corrected chi connectivity index (χ1v) is 7.56. The van der Waals surface area contributed by atoms with Gasteiger partial charge in [0.2, 0.25) is 0 Å². The lowest BCUT2D eigenvalue weighted by Gasteiger charge is -2.19. The van der Waals surface area contributed by atoms with Gasteiger partial charge in [0.15, 0.2) is 5.13 Å². The second-order valence-corrected chi connectivity index (χ2v) is 6.15. The fourth-order valence-electron chi connectivity index (χ4n) is 2.40. The Balaban J connectivity index is 1.86. The largest absolute Gasteiger partial charge is 0.480 e. The van der Waals surface area contributed by atoms with Crippen molar-refractivity contribution in [1.82, 2.24) is 4.98 Å². The molecule has 1 fully saturated rings. The van der Waals surface area contributed by atoms with Crippen molar-refractivity contribution >= 4 is 34.0 Å². The quantitative estimate of drug-likeness (QED) is 0.942. The van der Waals surface area contributed by atoms with Gasteiger partial charge in [-0.25, -0.2) is 9.78 Å². The van der Waals surface area contributed by atoms with Gasteiger partial charge in [0.1, 0.15) is 6.04 Å². The summed E-state index contributed by atoms with van der Waals surface area (Å²) in [6.45, 7) is 0.755. The van der Waals surface area contributed by atoms with E-state index in [9.17, 15) is 9.90 Å². The highest BCUT2D eigenvalue weighted by Crippen LogP contribution is 2.34. The lowest BCUT2D eigenvalue weighted by Crippen LogP contribution is -2.35. The Kier molecular flexibility index (Phi) is 3.63. The van der Waals surface area contributed by atoms with Gasteiger partial charge in [-0.3, -0.25) is 0 Å². The van der Waals surface area contributed by atoms with Gasteiger partial charge in [0.25, 0.3) is 0 Å². The van der Waals surface area contributed by atoms with Crippen molar-refractivity contribution in [2.75, 3.05) is 11.4 Å². The number of carboxylic acids is 1. The van der Waals surface area contributed by atoms with Crippen molar-refractivity contribution in [1.29, 1.82) is 0 Å². The van der Waals surface area contributed by atoms with Gasteiger partial charge in [-0.05, 0) is 30.5 Å². The number of hydrogen-bond donors (Lipinski definition) is 1. The van der Waals surface area contributed by atoms with Crippen molar-refractivity contribution in [3.05, 3.63) is 35.5 Å². The Morgan fingerprint density at radius 2 is 2.15 bits per heavy atom. The predicted molar refractivity (Wildman–Crippen MR) is 80.6 cm³/mol. The van der Waals surface area contributed by atoms with Gasteiger partial charge in [-0.2, -0.15) is 0 Å². The highest BCUT2D eigenvalue weighted by molar-refractivity contribution is 7.18. The summed E-state index contributed by atoms with van der Waals surface area (Å²) >= 11 is 7.39. The predicted octanol–water partition coefficient (Wildman–Crippen LogP) is 3.52. The van der Waals surface area contributed by atoms with Gasteiger partial charge in [0, 0.05) is 17.8 Å². The van der Waals surface area contributed by atoms with Crippen LogP contribution in [0.5, 0.6) is 0 Å². The van der Waals surface area contributed by atoms with Crippen LogP contribution in [0.4, 0.5) is 5.13 Å². The molecule has 1 aromatic carbocycles. The smallest absolute Gasteiger partial charge is 0.326 e. The number of aromatic nitrogens is 1. The molecule has 2 heterocycles. The van der Waals surface area contributed by atoms with Crippen LogP contribution in [0.1, 0.15) is 12.8 Å². The first kappa shape index (κ1) is 13.4. The molecule has 1 atom stereocenters. The summed E-state index contributed by atoms with van der Waals surface area (Å²) in [5.74, 6) is -0.772. The molecule has 0 spiro atoms. The lowest BCUT2D eigenvalue weighted by atomic mass is 10.2. The molecule has 0 aliphatic carbocycles. The Morgan fingerprint density at radius 1 is 1.40 bits per heavy atom. The average Bonchev–Trinajstić information content (AvgIpc) is 3.08. The Bertz CT molecular complexity index is 626. The summed E-state index contributed by atoms with van der Waals surface area (Å²) < 4.78 is 0. The second kappa shape index (κ2) is 5.42. The first-order chi connectivity index (χ1) is 9.65. The number of rotatable bonds is 3. The molecule has 20 heavy (non-hydrogen) atoms. The van der Waals surface area contributed by atoms with Crippen molar-refractivity contribution in [3.8, 4) is 10.4 Å². The van der Waals surface area contributed by atoms with Crippen LogP contribution in [0.3, 0.4) is 0 Å². The zero-order valence-corrected chi connectivity index (χ0v) is 12.2. The molecule has 2 aromatic rings. The summed E-state index contributed by atoms with van der Waals surface area (Å²) in [7, 11) is 0. The Morgan fingerprint density at radius 3 is 2.85 bits per heavy atom. The molecule has 0 bridgehead atoms. The molecule has 3 rings (SSSR count). The van der Waals surface area contributed by atoms with Gasteiger partial charge in [-0.1, -0.05) is 35.1 Å². The minimum absolute atomic E-state index is 0.445. The van der Waals surface area contributed by atoms with E-state index in [1.807, 2.05) is 29.2 Å². The minimum atomic E-state index is -0.772. The molecule has 1 N–H and O–H groups in total. The number of benzene rings is 1. The van der Waals surface area contributed by atoms with Crippen LogP contribution in [-0.2, 0) is 4.79 Å². The number of nitrogens with zero attached hydrogens (tertiary/aromatic N) is 2. The number of carbonyl (C=O) groups is 1. The maximum absolute atomic E-state index is 11.2. The summed E-state index contributed by atoms with van der Waals surface area (Å²) in [4.78, 5) is 18.5. The van der Waals surface area contributed by atoms with E-state index in [0.29, 0.717) is 11.4 Å². The summed E-state index contributed by atoms with van der Waals surface area (Å²) in [5, 5.41) is 10.7. The number of anilines is 1. The third-order valence-corrected chi connectivity index (χ3v) is 4.74. The van der Waals surface area contributed by atoms with Crippen LogP contribution in [0.2, 0.25) is 5.02 Å². The molecule has 1 saturated heterocycles. The SMILES string of the molecule is O=C(O)[C@H]1CCCN1c1ncc(-c2ccc(Cl)cc2)s1. The van der Waals surface area contributed by atoms with Gasteiger partial charge < -0.3 is 10.0 Å². The molecular formula is C14H13ClN2O2S. The molecule has 1 aromatic heterocycles. The summed E-state index contributed by atoms with van der Waals surface area (Å²) in [5.41, 5.74) is 1.05. The summed E-state index contributed by atoms with van der Waals surface area (Å²) in [6.07, 6.45) is 3.37. The minimum Gasteiger partial charge on any atom is -0.480 e. The zero-order chi connectivity index (χ0) is 14.1. The zero-order valence-electron chi connectivity index (χ0n) is 10.6. The van der Waals surface area contributed by atoms with Crippen LogP contribution in [-0.4, -0.2) is 28.6 Å². The van der Waals surface area contributed by atoms with Crippen LogP contribution in [0.15, 0.2) is 30.5 Å². The second-order valence-electron chi connectivity index (χ2n) is 4.70. The van der Waals surface area contributed by atoms with Crippen molar-refractivity contribution in [2.24, 2.45) is 0 Å². The van der Waals surface area contributed by atoms with E-state index in [1.165, 1.54) is 11.3 Å². The third kappa shape index (κ3) is 2.51.